The molecule has 3 amide bonds. The molecule has 1 N–H and O–H groups in total. The van der Waals surface area contributed by atoms with Gasteiger partial charge in [0.2, 0.25) is 0 Å². The number of alkyl carbamates (subject to hydrolysis) is 1. The quantitative estimate of drug-likeness (QED) is 0.845. The summed E-state index contributed by atoms with van der Waals surface area (Å²) < 4.78 is 9.60. The molecular weight excluding hydrogens is 324 g/mol. The van der Waals surface area contributed by atoms with Crippen LogP contribution in [-0.4, -0.2) is 48.3 Å². The number of hydrogen-bond acceptors (Lipinski definition) is 5. The van der Waals surface area contributed by atoms with E-state index < -0.39 is 22.7 Å². The first-order valence-electron chi connectivity index (χ1n) is 8.39. The van der Waals surface area contributed by atoms with Crippen LogP contribution in [0.5, 0.6) is 0 Å². The molecule has 25 heavy (non-hydrogen) atoms. The van der Waals surface area contributed by atoms with Gasteiger partial charge >= 0.3 is 18.1 Å². The van der Waals surface area contributed by atoms with Crippen LogP contribution in [0.2, 0.25) is 0 Å². The van der Waals surface area contributed by atoms with Crippen molar-refractivity contribution in [3.8, 4) is 0 Å². The first kappa shape index (κ1) is 18.9. The number of ether oxygens (including phenoxy) is 2. The molecule has 1 unspecified atom stereocenters. The lowest BCUT2D eigenvalue weighted by Gasteiger charge is -2.32. The van der Waals surface area contributed by atoms with E-state index in [0.717, 1.165) is 18.4 Å². The summed E-state index contributed by atoms with van der Waals surface area (Å²) in [6, 6.07) is 8.21. The van der Waals surface area contributed by atoms with Crippen LogP contribution in [0.3, 0.4) is 0 Å². The molecule has 0 radical (unpaired) electrons. The topological polar surface area (TPSA) is 81.7 Å². The van der Waals surface area contributed by atoms with Gasteiger partial charge in [-0.1, -0.05) is 30.3 Å². The van der Waals surface area contributed by atoms with Crippen molar-refractivity contribution in [1.29, 1.82) is 0 Å². The van der Waals surface area contributed by atoms with E-state index in [2.05, 4.69) is 5.32 Å². The lowest BCUT2D eigenvalue weighted by Crippen LogP contribution is -2.64. The van der Waals surface area contributed by atoms with Crippen molar-refractivity contribution in [2.45, 2.75) is 45.4 Å². The Morgan fingerprint density at radius 1 is 1.28 bits per heavy atom. The third-order valence-electron chi connectivity index (χ3n) is 4.70. The fourth-order valence-electron chi connectivity index (χ4n) is 3.28. The summed E-state index contributed by atoms with van der Waals surface area (Å²) in [5.41, 5.74) is 0.850. The number of likely N-dealkylation sites (tertiary alicyclic amines) is 1. The van der Waals surface area contributed by atoms with Gasteiger partial charge in [-0.15, -0.1) is 0 Å². The number of nitrogens with one attached hydrogen (secondary N) is 1. The van der Waals surface area contributed by atoms with Gasteiger partial charge in [0.25, 0.3) is 0 Å². The molecule has 1 saturated heterocycles. The third kappa shape index (κ3) is 3.99. The van der Waals surface area contributed by atoms with Crippen molar-refractivity contribution in [2.24, 2.45) is 0 Å². The van der Waals surface area contributed by atoms with Crippen molar-refractivity contribution in [2.75, 3.05) is 13.7 Å². The Kier molecular flexibility index (Phi) is 6.14. The molecule has 1 aliphatic rings. The Labute approximate surface area is 147 Å². The van der Waals surface area contributed by atoms with Crippen molar-refractivity contribution in [3.63, 3.8) is 0 Å². The molecule has 7 nitrogen and oxygen atoms in total. The van der Waals surface area contributed by atoms with Crippen LogP contribution in [0.1, 0.15) is 32.3 Å². The van der Waals surface area contributed by atoms with Crippen molar-refractivity contribution in [3.05, 3.63) is 35.9 Å². The molecule has 3 atom stereocenters. The van der Waals surface area contributed by atoms with E-state index in [1.165, 1.54) is 7.11 Å². The van der Waals surface area contributed by atoms with E-state index in [4.69, 9.17) is 9.47 Å². The Morgan fingerprint density at radius 2 is 1.96 bits per heavy atom. The number of benzene rings is 1. The zero-order valence-electron chi connectivity index (χ0n) is 14.9. The number of nitrogens with zero attached hydrogens (tertiary/aromatic N) is 1. The molecular formula is C18H25N2O5+. The maximum Gasteiger partial charge on any atom is 0.523 e. The molecule has 0 aliphatic carbocycles. The summed E-state index contributed by atoms with van der Waals surface area (Å²) in [7, 11) is 1.27. The van der Waals surface area contributed by atoms with Gasteiger partial charge in [0.1, 0.15) is 18.7 Å². The number of imide groups is 1. The monoisotopic (exact) mass is 349 g/mol. The van der Waals surface area contributed by atoms with Crippen LogP contribution in [0.25, 0.3) is 0 Å². The van der Waals surface area contributed by atoms with Crippen LogP contribution in [0.15, 0.2) is 30.3 Å². The van der Waals surface area contributed by atoms with Gasteiger partial charge in [0, 0.05) is 12.8 Å². The molecule has 0 saturated carbocycles. The lowest BCUT2D eigenvalue weighted by molar-refractivity contribution is -0.793. The van der Waals surface area contributed by atoms with E-state index in [9.17, 15) is 14.4 Å². The first-order valence-corrected chi connectivity index (χ1v) is 8.39. The number of quaternary nitrogens is 1. The summed E-state index contributed by atoms with van der Waals surface area (Å²) >= 11 is 0. The van der Waals surface area contributed by atoms with Gasteiger partial charge < -0.3 is 14.8 Å². The van der Waals surface area contributed by atoms with Crippen LogP contribution in [-0.2, 0) is 20.9 Å². The Bertz CT molecular complexity index is 634. The third-order valence-corrected chi connectivity index (χ3v) is 4.70. The highest BCUT2D eigenvalue weighted by Gasteiger charge is 2.55. The number of rotatable bonds is 4. The normalized spacial score (nSPS) is 23.6. The molecule has 0 aromatic heterocycles. The Morgan fingerprint density at radius 3 is 2.52 bits per heavy atom. The molecule has 0 bridgehead atoms. The zero-order valence-corrected chi connectivity index (χ0v) is 14.9. The van der Waals surface area contributed by atoms with Crippen LogP contribution in [0.4, 0.5) is 9.59 Å². The van der Waals surface area contributed by atoms with E-state index in [0.29, 0.717) is 6.54 Å². The van der Waals surface area contributed by atoms with E-state index in [1.54, 1.807) is 6.92 Å². The number of hydrogen-bond donors (Lipinski definition) is 1. The molecule has 1 aromatic rings. The molecule has 1 heterocycles. The van der Waals surface area contributed by atoms with Gasteiger partial charge in [-0.05, 0) is 19.4 Å². The van der Waals surface area contributed by atoms with Crippen molar-refractivity contribution >= 4 is 18.1 Å². The second kappa shape index (κ2) is 8.11. The van der Waals surface area contributed by atoms with Gasteiger partial charge in [-0.3, -0.25) is 0 Å². The van der Waals surface area contributed by atoms with E-state index in [1.807, 2.05) is 37.3 Å². The predicted molar refractivity (Wildman–Crippen MR) is 90.5 cm³/mol. The lowest BCUT2D eigenvalue weighted by atomic mass is 10.2. The molecule has 1 aromatic carbocycles. The predicted octanol–water partition coefficient (Wildman–Crippen LogP) is 2.59. The maximum absolute atomic E-state index is 12.9. The van der Waals surface area contributed by atoms with Gasteiger partial charge in [0.15, 0.2) is 0 Å². The second-order valence-electron chi connectivity index (χ2n) is 6.32. The molecule has 0 spiro atoms. The second-order valence-corrected chi connectivity index (χ2v) is 6.32. The summed E-state index contributed by atoms with van der Waals surface area (Å²) in [5, 5.41) is 2.52. The molecule has 1 fully saturated rings. The standard InChI is InChI=1S/C18H24N2O5/c1-13-8-7-11-20(13,18(23)24-3)16(21)14(2)19-17(22)25-12-15-9-5-4-6-10-15/h4-6,9-10,13-14H,7-8,11-12H2,1-3H3/p+1/t13-,14-,20?/m1/s1. The van der Waals surface area contributed by atoms with Crippen LogP contribution >= 0.6 is 0 Å². The summed E-state index contributed by atoms with van der Waals surface area (Å²) in [4.78, 5) is 37.1. The molecule has 1 aliphatic heterocycles. The van der Waals surface area contributed by atoms with Crippen LogP contribution in [0, 0.1) is 0 Å². The first-order chi connectivity index (χ1) is 11.9. The van der Waals surface area contributed by atoms with E-state index in [-0.39, 0.29) is 18.6 Å². The Balaban J connectivity index is 1.98. The average molecular weight is 349 g/mol. The number of carbonyl (C=O) groups excluding carboxylic acids is 3. The highest BCUT2D eigenvalue weighted by atomic mass is 16.6. The molecule has 136 valence electrons. The zero-order chi connectivity index (χ0) is 18.4. The highest BCUT2D eigenvalue weighted by molar-refractivity contribution is 5.87. The Hall–Kier alpha value is -2.41. The minimum absolute atomic E-state index is 0.112. The fraction of sp³-hybridized carbons (Fsp3) is 0.500. The number of methoxy groups -OCH3 is 1. The minimum Gasteiger partial charge on any atom is -0.445 e. The average Bonchev–Trinajstić information content (AvgIpc) is 3.01. The summed E-state index contributed by atoms with van der Waals surface area (Å²) in [6.45, 7) is 3.90. The van der Waals surface area contributed by atoms with E-state index >= 15 is 0 Å². The molecule has 2 rings (SSSR count). The van der Waals surface area contributed by atoms with Gasteiger partial charge in [0.05, 0.1) is 13.7 Å². The fourth-order valence-corrected chi connectivity index (χ4v) is 3.28. The number of amides is 3. The summed E-state index contributed by atoms with van der Waals surface area (Å²) in [5.74, 6) is -0.381. The highest BCUT2D eigenvalue weighted by Crippen LogP contribution is 2.29. The maximum atomic E-state index is 12.9. The minimum atomic E-state index is -0.858. The van der Waals surface area contributed by atoms with Crippen LogP contribution < -0.4 is 5.32 Å². The smallest absolute Gasteiger partial charge is 0.445 e. The largest absolute Gasteiger partial charge is 0.523 e. The SMILES string of the molecule is COC(=O)[N+]1(C(=O)[C@@H](C)NC(=O)OCc2ccccc2)CCC[C@H]1C. The summed E-state index contributed by atoms with van der Waals surface area (Å²) in [6.07, 6.45) is 0.236. The number of carbonyl (C=O) groups is 3. The van der Waals surface area contributed by atoms with Crippen molar-refractivity contribution in [1.82, 2.24) is 5.32 Å². The van der Waals surface area contributed by atoms with Gasteiger partial charge in [-0.25, -0.2) is 9.59 Å². The van der Waals surface area contributed by atoms with Gasteiger partial charge in [-0.2, -0.15) is 9.28 Å². The van der Waals surface area contributed by atoms with Crippen molar-refractivity contribution < 1.29 is 28.3 Å². The molecule has 7 heteroatoms.